The maximum Gasteiger partial charge on any atom is 0.232 e. The summed E-state index contributed by atoms with van der Waals surface area (Å²) in [6, 6.07) is 10.2. The molecule has 2 aromatic carbocycles. The number of halogens is 3. The third-order valence-corrected chi connectivity index (χ3v) is 5.45. The maximum atomic E-state index is 14.4. The number of nitrogens with zero attached hydrogens (tertiary/aromatic N) is 1. The molecule has 1 heterocycles. The topological polar surface area (TPSA) is 37.4 Å². The van der Waals surface area contributed by atoms with Crippen molar-refractivity contribution in [2.45, 2.75) is 31.6 Å². The van der Waals surface area contributed by atoms with Crippen LogP contribution in [0.25, 0.3) is 0 Å². The van der Waals surface area contributed by atoms with Crippen LogP contribution in [-0.2, 0) is 9.59 Å². The van der Waals surface area contributed by atoms with Gasteiger partial charge < -0.3 is 0 Å². The van der Waals surface area contributed by atoms with Crippen LogP contribution in [-0.4, -0.2) is 11.7 Å². The predicted molar refractivity (Wildman–Crippen MR) is 98.5 cm³/mol. The second-order valence-electron chi connectivity index (χ2n) is 6.74. The van der Waals surface area contributed by atoms with Crippen LogP contribution >= 0.6 is 11.6 Å². The van der Waals surface area contributed by atoms with E-state index < -0.39 is 17.6 Å². The van der Waals surface area contributed by atoms with Crippen LogP contribution in [0.5, 0.6) is 0 Å². The Morgan fingerprint density at radius 1 is 1.04 bits per heavy atom. The number of anilines is 1. The first-order valence-electron chi connectivity index (χ1n) is 8.76. The summed E-state index contributed by atoms with van der Waals surface area (Å²) in [6.07, 6.45) is 1.45. The number of amides is 1. The van der Waals surface area contributed by atoms with E-state index in [2.05, 4.69) is 0 Å². The largest absolute Gasteiger partial charge is 0.294 e. The fourth-order valence-corrected chi connectivity index (χ4v) is 4.23. The number of Topliss-reactive ketones (excluding diaryl/α,β-unsaturated/α-hetero) is 1. The highest BCUT2D eigenvalue weighted by Gasteiger charge is 2.40. The van der Waals surface area contributed by atoms with Crippen molar-refractivity contribution in [2.75, 3.05) is 4.90 Å². The van der Waals surface area contributed by atoms with Crippen molar-refractivity contribution in [1.82, 2.24) is 0 Å². The quantitative estimate of drug-likeness (QED) is 0.715. The average molecular weight is 388 g/mol. The first kappa shape index (κ1) is 17.9. The van der Waals surface area contributed by atoms with Gasteiger partial charge in [0, 0.05) is 41.1 Å². The molecule has 138 valence electrons. The summed E-state index contributed by atoms with van der Waals surface area (Å²) < 4.78 is 27.7. The Morgan fingerprint density at radius 3 is 2.56 bits per heavy atom. The van der Waals surface area contributed by atoms with Gasteiger partial charge in [-0.25, -0.2) is 8.78 Å². The van der Waals surface area contributed by atoms with E-state index >= 15 is 0 Å². The molecule has 2 aromatic rings. The first-order valence-corrected chi connectivity index (χ1v) is 9.14. The lowest BCUT2D eigenvalue weighted by atomic mass is 9.77. The number of carbonyl (C=O) groups excluding carboxylic acids is 2. The molecule has 1 aliphatic heterocycles. The summed E-state index contributed by atoms with van der Waals surface area (Å²) in [5, 5.41) is 0.488. The second kappa shape index (κ2) is 6.89. The van der Waals surface area contributed by atoms with Crippen molar-refractivity contribution in [3.05, 3.63) is 76.0 Å². The van der Waals surface area contributed by atoms with E-state index in [1.54, 1.807) is 18.2 Å². The van der Waals surface area contributed by atoms with Crippen LogP contribution in [0, 0.1) is 11.6 Å². The highest BCUT2D eigenvalue weighted by molar-refractivity contribution is 6.31. The van der Waals surface area contributed by atoms with Crippen molar-refractivity contribution < 1.29 is 18.4 Å². The molecular weight excluding hydrogens is 372 g/mol. The zero-order chi connectivity index (χ0) is 19.1. The summed E-state index contributed by atoms with van der Waals surface area (Å²) in [4.78, 5) is 27.0. The van der Waals surface area contributed by atoms with Crippen molar-refractivity contribution in [3.8, 4) is 0 Å². The molecule has 3 nitrogen and oxygen atoms in total. The standard InChI is InChI=1S/C21H16ClF2NO2/c22-15-5-2-1-4-13(15)14-11-20(27)25(17-9-8-12(23)10-16(17)24)18-6-3-7-19(26)21(14)18/h1-2,4-5,8-10,14H,3,6-7,11H2/t14-/m0/s1. The summed E-state index contributed by atoms with van der Waals surface area (Å²) in [7, 11) is 0. The normalized spacial score (nSPS) is 20.1. The number of ketones is 1. The van der Waals surface area contributed by atoms with Gasteiger partial charge in [-0.3, -0.25) is 14.5 Å². The number of rotatable bonds is 2. The summed E-state index contributed by atoms with van der Waals surface area (Å²) in [5.74, 6) is -2.39. The Labute approximate surface area is 160 Å². The lowest BCUT2D eigenvalue weighted by Crippen LogP contribution is -2.41. The summed E-state index contributed by atoms with van der Waals surface area (Å²) >= 11 is 6.32. The van der Waals surface area contributed by atoms with Gasteiger partial charge in [-0.05, 0) is 36.6 Å². The van der Waals surface area contributed by atoms with Crippen molar-refractivity contribution in [1.29, 1.82) is 0 Å². The van der Waals surface area contributed by atoms with Gasteiger partial charge in [0.2, 0.25) is 5.91 Å². The van der Waals surface area contributed by atoms with Gasteiger partial charge in [0.1, 0.15) is 11.6 Å². The number of allylic oxidation sites excluding steroid dienone is 2. The van der Waals surface area contributed by atoms with Crippen molar-refractivity contribution >= 4 is 29.0 Å². The van der Waals surface area contributed by atoms with Gasteiger partial charge in [-0.2, -0.15) is 0 Å². The lowest BCUT2D eigenvalue weighted by molar-refractivity contribution is -0.120. The average Bonchev–Trinajstić information content (AvgIpc) is 2.63. The van der Waals surface area contributed by atoms with E-state index in [0.717, 1.165) is 17.7 Å². The Hall–Kier alpha value is -2.53. The van der Waals surface area contributed by atoms with Gasteiger partial charge in [0.25, 0.3) is 0 Å². The fourth-order valence-electron chi connectivity index (χ4n) is 3.96. The van der Waals surface area contributed by atoms with E-state index in [9.17, 15) is 18.4 Å². The molecule has 0 saturated heterocycles. The number of hydrogen-bond acceptors (Lipinski definition) is 2. The molecule has 0 aromatic heterocycles. The van der Waals surface area contributed by atoms with Crippen LogP contribution in [0.15, 0.2) is 53.7 Å². The highest BCUT2D eigenvalue weighted by atomic mass is 35.5. The number of benzene rings is 2. The molecule has 27 heavy (non-hydrogen) atoms. The van der Waals surface area contributed by atoms with Crippen LogP contribution in [0.1, 0.15) is 37.2 Å². The fraction of sp³-hybridized carbons (Fsp3) is 0.238. The maximum absolute atomic E-state index is 14.4. The molecule has 0 spiro atoms. The van der Waals surface area contributed by atoms with Gasteiger partial charge in [0.15, 0.2) is 5.78 Å². The third kappa shape index (κ3) is 3.06. The molecule has 0 unspecified atom stereocenters. The van der Waals surface area contributed by atoms with Crippen LogP contribution in [0.2, 0.25) is 5.02 Å². The van der Waals surface area contributed by atoms with Gasteiger partial charge in [0.05, 0.1) is 5.69 Å². The molecule has 1 atom stereocenters. The Balaban J connectivity index is 1.90. The second-order valence-corrected chi connectivity index (χ2v) is 7.15. The van der Waals surface area contributed by atoms with Gasteiger partial charge in [-0.1, -0.05) is 29.8 Å². The van der Waals surface area contributed by atoms with Crippen LogP contribution in [0.4, 0.5) is 14.5 Å². The number of carbonyl (C=O) groups is 2. The number of hydrogen-bond donors (Lipinski definition) is 0. The Morgan fingerprint density at radius 2 is 1.81 bits per heavy atom. The zero-order valence-corrected chi connectivity index (χ0v) is 15.1. The van der Waals surface area contributed by atoms with E-state index in [1.807, 2.05) is 6.07 Å². The molecule has 0 radical (unpaired) electrons. The molecule has 1 amide bonds. The minimum Gasteiger partial charge on any atom is -0.294 e. The SMILES string of the molecule is O=C1CCCC2=C1[C@H](c1ccccc1Cl)CC(=O)N2c1ccc(F)cc1F. The first-order chi connectivity index (χ1) is 13.0. The Kier molecular flexibility index (Phi) is 4.56. The zero-order valence-electron chi connectivity index (χ0n) is 14.3. The minimum atomic E-state index is -0.829. The Bertz CT molecular complexity index is 986. The van der Waals surface area contributed by atoms with Crippen LogP contribution < -0.4 is 4.90 Å². The summed E-state index contributed by atoms with van der Waals surface area (Å²) in [5.41, 5.74) is 1.70. The predicted octanol–water partition coefficient (Wildman–Crippen LogP) is 5.15. The van der Waals surface area contributed by atoms with Gasteiger partial charge >= 0.3 is 0 Å². The molecule has 6 heteroatoms. The third-order valence-electron chi connectivity index (χ3n) is 5.11. The van der Waals surface area contributed by atoms with Crippen molar-refractivity contribution in [2.24, 2.45) is 0 Å². The molecule has 0 saturated carbocycles. The molecule has 0 fully saturated rings. The van der Waals surface area contributed by atoms with E-state index in [4.69, 9.17) is 11.6 Å². The summed E-state index contributed by atoms with van der Waals surface area (Å²) in [6.45, 7) is 0. The van der Waals surface area contributed by atoms with Crippen molar-refractivity contribution in [3.63, 3.8) is 0 Å². The monoisotopic (exact) mass is 387 g/mol. The van der Waals surface area contributed by atoms with E-state index in [1.165, 1.54) is 11.0 Å². The molecule has 2 aliphatic rings. The highest BCUT2D eigenvalue weighted by Crippen LogP contribution is 2.45. The van der Waals surface area contributed by atoms with E-state index in [0.29, 0.717) is 35.6 Å². The molecule has 4 rings (SSSR count). The molecular formula is C21H16ClF2NO2. The smallest absolute Gasteiger partial charge is 0.232 e. The lowest BCUT2D eigenvalue weighted by Gasteiger charge is -2.38. The molecule has 0 bridgehead atoms. The minimum absolute atomic E-state index is 0.00508. The van der Waals surface area contributed by atoms with E-state index in [-0.39, 0.29) is 23.8 Å². The molecule has 1 aliphatic carbocycles. The van der Waals surface area contributed by atoms with Crippen LogP contribution in [0.3, 0.4) is 0 Å². The van der Waals surface area contributed by atoms with Gasteiger partial charge in [-0.15, -0.1) is 0 Å². The molecule has 0 N–H and O–H groups in total.